The second kappa shape index (κ2) is 10.9. The van der Waals surface area contributed by atoms with Gasteiger partial charge in [0.25, 0.3) is 10.0 Å². The van der Waals surface area contributed by atoms with E-state index in [4.69, 9.17) is 5.41 Å². The number of nitrogens with zero attached hydrogens (tertiary/aromatic N) is 5. The average Bonchev–Trinajstić information content (AvgIpc) is 3.32. The molecule has 2 heterocycles. The Labute approximate surface area is 230 Å². The van der Waals surface area contributed by atoms with Crippen LogP contribution in [0.1, 0.15) is 36.6 Å². The summed E-state index contributed by atoms with van der Waals surface area (Å²) in [5, 5.41) is 18.6. The van der Waals surface area contributed by atoms with Crippen molar-refractivity contribution in [1.82, 2.24) is 24.2 Å². The van der Waals surface area contributed by atoms with Gasteiger partial charge >= 0.3 is 6.18 Å². The van der Waals surface area contributed by atoms with Gasteiger partial charge in [0.15, 0.2) is 0 Å². The molecule has 4 rings (SSSR count). The number of hydrogen-bond acceptors (Lipinski definition) is 7. The lowest BCUT2D eigenvalue weighted by Crippen LogP contribution is -2.54. The predicted octanol–water partition coefficient (Wildman–Crippen LogP) is 4.64. The molecule has 3 aromatic rings. The zero-order chi connectivity index (χ0) is 29.5. The van der Waals surface area contributed by atoms with Gasteiger partial charge in [0.1, 0.15) is 5.82 Å². The number of hydrogen-bond donors (Lipinski definition) is 2. The van der Waals surface area contributed by atoms with Gasteiger partial charge in [-0.2, -0.15) is 27.4 Å². The summed E-state index contributed by atoms with van der Waals surface area (Å²) in [5.74, 6) is -0.399. The standard InChI is InChI=1S/C26H31F4N7O2S/c1-17-11-22(33-20-7-5-19(27)6-8-20)18(13-31)12-21(17)23-15-37(40(38,39)24-14-32-35(4)34-24)10-9-36(23)16-25(2,3)26(28,29)30/h5-8,11-14,23,31,33H,9-10,15-16H2,1-4H3/t23-/m0/s1. The average molecular weight is 582 g/mol. The van der Waals surface area contributed by atoms with Gasteiger partial charge in [0, 0.05) is 62.4 Å². The summed E-state index contributed by atoms with van der Waals surface area (Å²) in [5.41, 5.74) is 0.802. The Kier molecular flexibility index (Phi) is 8.07. The summed E-state index contributed by atoms with van der Waals surface area (Å²) >= 11 is 0. The van der Waals surface area contributed by atoms with Crippen molar-refractivity contribution in [1.29, 1.82) is 5.41 Å². The lowest BCUT2D eigenvalue weighted by molar-refractivity contribution is -0.219. The van der Waals surface area contributed by atoms with E-state index in [0.29, 0.717) is 28.1 Å². The molecule has 1 aromatic heterocycles. The van der Waals surface area contributed by atoms with Crippen LogP contribution in [0.3, 0.4) is 0 Å². The van der Waals surface area contributed by atoms with Crippen LogP contribution in [-0.2, 0) is 17.1 Å². The van der Waals surface area contributed by atoms with Crippen molar-refractivity contribution in [3.05, 3.63) is 65.1 Å². The highest BCUT2D eigenvalue weighted by atomic mass is 32.2. The van der Waals surface area contributed by atoms with Gasteiger partial charge in [-0.05, 0) is 68.3 Å². The molecule has 2 aromatic carbocycles. The molecule has 0 saturated carbocycles. The van der Waals surface area contributed by atoms with Crippen LogP contribution in [0.25, 0.3) is 0 Å². The molecular formula is C26H31F4N7O2S. The van der Waals surface area contributed by atoms with E-state index in [-0.39, 0.29) is 31.2 Å². The number of benzene rings is 2. The molecule has 0 spiro atoms. The third-order valence-electron chi connectivity index (χ3n) is 7.08. The second-order valence-electron chi connectivity index (χ2n) is 10.5. The molecule has 2 N–H and O–H groups in total. The Morgan fingerprint density at radius 3 is 2.40 bits per heavy atom. The topological polar surface area (TPSA) is 107 Å². The number of anilines is 2. The SMILES string of the molecule is Cc1cc(Nc2ccc(F)cc2)c(C=N)cc1[C@@H]1CN(S(=O)(=O)c2cnn(C)n2)CCN1CC(C)(C)C(F)(F)F. The number of sulfonamides is 1. The summed E-state index contributed by atoms with van der Waals surface area (Å²) in [6, 6.07) is 8.38. The summed E-state index contributed by atoms with van der Waals surface area (Å²) in [6.45, 7) is 3.59. The fourth-order valence-corrected chi connectivity index (χ4v) is 6.02. The van der Waals surface area contributed by atoms with Crippen LogP contribution in [0.5, 0.6) is 0 Å². The molecule has 0 amide bonds. The number of aryl methyl sites for hydroxylation is 2. The largest absolute Gasteiger partial charge is 0.395 e. The van der Waals surface area contributed by atoms with E-state index in [9.17, 15) is 26.0 Å². The quantitative estimate of drug-likeness (QED) is 0.297. The lowest BCUT2D eigenvalue weighted by Gasteiger charge is -2.44. The van der Waals surface area contributed by atoms with Crippen LogP contribution in [0.2, 0.25) is 0 Å². The number of piperazine rings is 1. The first-order valence-corrected chi connectivity index (χ1v) is 13.9. The number of nitrogens with one attached hydrogen (secondary N) is 2. The maximum absolute atomic E-state index is 13.9. The molecule has 40 heavy (non-hydrogen) atoms. The van der Waals surface area contributed by atoms with E-state index in [1.807, 2.05) is 0 Å². The predicted molar refractivity (Wildman–Crippen MR) is 143 cm³/mol. The Morgan fingerprint density at radius 1 is 1.15 bits per heavy atom. The fourth-order valence-electron chi connectivity index (χ4n) is 4.69. The normalized spacial score (nSPS) is 17.6. The van der Waals surface area contributed by atoms with E-state index >= 15 is 0 Å². The van der Waals surface area contributed by atoms with Crippen LogP contribution in [-0.4, -0.2) is 71.2 Å². The Hall–Kier alpha value is -3.36. The minimum Gasteiger partial charge on any atom is -0.355 e. The van der Waals surface area contributed by atoms with Crippen molar-refractivity contribution < 1.29 is 26.0 Å². The Bertz CT molecular complexity index is 1490. The molecule has 14 heteroatoms. The van der Waals surface area contributed by atoms with Crippen molar-refractivity contribution in [3.8, 4) is 0 Å². The van der Waals surface area contributed by atoms with Crippen LogP contribution < -0.4 is 5.32 Å². The van der Waals surface area contributed by atoms with Crippen molar-refractivity contribution in [2.24, 2.45) is 12.5 Å². The van der Waals surface area contributed by atoms with Crippen LogP contribution in [0.4, 0.5) is 28.9 Å². The maximum Gasteiger partial charge on any atom is 0.395 e. The number of aromatic nitrogens is 3. The third kappa shape index (κ3) is 6.03. The first-order valence-electron chi connectivity index (χ1n) is 12.5. The van der Waals surface area contributed by atoms with E-state index in [1.165, 1.54) is 23.5 Å². The smallest absolute Gasteiger partial charge is 0.355 e. The van der Waals surface area contributed by atoms with Gasteiger partial charge in [-0.15, -0.1) is 5.10 Å². The summed E-state index contributed by atoms with van der Waals surface area (Å²) < 4.78 is 82.9. The monoisotopic (exact) mass is 581 g/mol. The van der Waals surface area contributed by atoms with Crippen LogP contribution >= 0.6 is 0 Å². The Balaban J connectivity index is 1.74. The zero-order valence-electron chi connectivity index (χ0n) is 22.5. The van der Waals surface area contributed by atoms with Crippen molar-refractivity contribution >= 4 is 27.6 Å². The van der Waals surface area contributed by atoms with Gasteiger partial charge in [-0.3, -0.25) is 4.90 Å². The van der Waals surface area contributed by atoms with Gasteiger partial charge in [-0.1, -0.05) is 0 Å². The highest BCUT2D eigenvalue weighted by molar-refractivity contribution is 7.89. The fraction of sp³-hybridized carbons (Fsp3) is 0.423. The van der Waals surface area contributed by atoms with E-state index in [1.54, 1.807) is 36.1 Å². The minimum absolute atomic E-state index is 0.0238. The highest BCUT2D eigenvalue weighted by Gasteiger charge is 2.50. The first-order chi connectivity index (χ1) is 18.6. The van der Waals surface area contributed by atoms with Gasteiger partial charge < -0.3 is 10.7 Å². The van der Waals surface area contributed by atoms with Crippen LogP contribution in [0.15, 0.2) is 47.6 Å². The molecule has 0 radical (unpaired) electrons. The Morgan fingerprint density at radius 2 is 1.82 bits per heavy atom. The highest BCUT2D eigenvalue weighted by Crippen LogP contribution is 2.41. The maximum atomic E-state index is 13.9. The van der Waals surface area contributed by atoms with Gasteiger partial charge in [-0.25, -0.2) is 12.8 Å². The molecule has 0 unspecified atom stereocenters. The van der Waals surface area contributed by atoms with E-state index in [2.05, 4.69) is 15.5 Å². The molecule has 1 aliphatic heterocycles. The number of alkyl halides is 3. The number of rotatable bonds is 8. The zero-order valence-corrected chi connectivity index (χ0v) is 23.3. The third-order valence-corrected chi connectivity index (χ3v) is 8.81. The van der Waals surface area contributed by atoms with Crippen molar-refractivity contribution in [2.45, 2.75) is 38.0 Å². The molecule has 1 saturated heterocycles. The molecule has 9 nitrogen and oxygen atoms in total. The summed E-state index contributed by atoms with van der Waals surface area (Å²) in [7, 11) is -2.57. The molecular weight excluding hydrogens is 550 g/mol. The van der Waals surface area contributed by atoms with Crippen molar-refractivity contribution in [3.63, 3.8) is 0 Å². The second-order valence-corrected chi connectivity index (χ2v) is 12.4. The van der Waals surface area contributed by atoms with Crippen LogP contribution in [0, 0.1) is 23.6 Å². The summed E-state index contributed by atoms with van der Waals surface area (Å²) in [4.78, 5) is 2.78. The van der Waals surface area contributed by atoms with E-state index < -0.39 is 33.5 Å². The number of halogens is 4. The minimum atomic E-state index is -4.47. The molecule has 0 aliphatic carbocycles. The lowest BCUT2D eigenvalue weighted by atomic mass is 9.89. The summed E-state index contributed by atoms with van der Waals surface area (Å²) in [6.07, 6.45) is -2.23. The molecule has 1 aliphatic rings. The first kappa shape index (κ1) is 29.6. The van der Waals surface area contributed by atoms with Gasteiger partial charge in [0.05, 0.1) is 11.6 Å². The molecule has 1 atom stereocenters. The van der Waals surface area contributed by atoms with Crippen molar-refractivity contribution in [2.75, 3.05) is 31.5 Å². The van der Waals surface area contributed by atoms with E-state index in [0.717, 1.165) is 31.1 Å². The molecule has 0 bridgehead atoms. The van der Waals surface area contributed by atoms with Gasteiger partial charge in [0.2, 0.25) is 5.03 Å². The molecule has 1 fully saturated rings. The molecule has 216 valence electrons.